The zero-order valence-corrected chi connectivity index (χ0v) is 13.1. The van der Waals surface area contributed by atoms with Gasteiger partial charge in [0.1, 0.15) is 17.0 Å². The molecule has 0 aliphatic carbocycles. The summed E-state index contributed by atoms with van der Waals surface area (Å²) in [6, 6.07) is 1.69. The van der Waals surface area contributed by atoms with Gasteiger partial charge in [0.05, 0.1) is 5.69 Å². The Kier molecular flexibility index (Phi) is 3.89. The minimum atomic E-state index is -0.543. The highest BCUT2D eigenvalue weighted by Crippen LogP contribution is 2.28. The Hall–Kier alpha value is -2.64. The van der Waals surface area contributed by atoms with E-state index in [0.717, 1.165) is 18.5 Å². The van der Waals surface area contributed by atoms with Gasteiger partial charge in [0.25, 0.3) is 11.8 Å². The Morgan fingerprint density at radius 1 is 1.35 bits per heavy atom. The fourth-order valence-corrected chi connectivity index (χ4v) is 3.01. The fourth-order valence-electron chi connectivity index (χ4n) is 3.01. The number of hydrogen-bond donors (Lipinski definition) is 2. The standard InChI is InChI=1S/C15H19N5O3/c1-8-13(9(2)23-19-8)15(22)20-5-3-10(4-6-20)11-7-12(14(16)21)18-17-11/h7,10H,3-6H2,1-2H3,(H2,16,21)(H,17,18). The SMILES string of the molecule is Cc1noc(C)c1C(=O)N1CCC(c2cc(C(N)=O)n[nH]2)CC1. The van der Waals surface area contributed by atoms with E-state index in [1.165, 1.54) is 0 Å². The van der Waals surface area contributed by atoms with Crippen LogP contribution in [0.2, 0.25) is 0 Å². The molecule has 1 aliphatic rings. The van der Waals surface area contributed by atoms with Crippen molar-refractivity contribution >= 4 is 11.8 Å². The Morgan fingerprint density at radius 3 is 2.57 bits per heavy atom. The number of rotatable bonds is 3. The van der Waals surface area contributed by atoms with E-state index < -0.39 is 5.91 Å². The molecular weight excluding hydrogens is 298 g/mol. The average Bonchev–Trinajstić information content (AvgIpc) is 3.14. The van der Waals surface area contributed by atoms with Crippen LogP contribution < -0.4 is 5.73 Å². The van der Waals surface area contributed by atoms with Gasteiger partial charge in [0, 0.05) is 24.7 Å². The number of piperidine rings is 1. The summed E-state index contributed by atoms with van der Waals surface area (Å²) in [5.41, 5.74) is 7.52. The number of H-pyrrole nitrogens is 1. The molecule has 0 spiro atoms. The Balaban J connectivity index is 1.66. The van der Waals surface area contributed by atoms with Crippen molar-refractivity contribution in [2.24, 2.45) is 5.73 Å². The van der Waals surface area contributed by atoms with Gasteiger partial charge in [-0.1, -0.05) is 5.16 Å². The van der Waals surface area contributed by atoms with Gasteiger partial charge in [-0.25, -0.2) is 0 Å². The molecule has 8 heteroatoms. The smallest absolute Gasteiger partial charge is 0.269 e. The maximum absolute atomic E-state index is 12.6. The van der Waals surface area contributed by atoms with Gasteiger partial charge in [-0.15, -0.1) is 0 Å². The van der Waals surface area contributed by atoms with Crippen molar-refractivity contribution in [1.82, 2.24) is 20.3 Å². The van der Waals surface area contributed by atoms with E-state index in [1.807, 2.05) is 4.90 Å². The normalized spacial score (nSPS) is 15.8. The van der Waals surface area contributed by atoms with Gasteiger partial charge < -0.3 is 15.2 Å². The number of nitrogens with one attached hydrogen (secondary N) is 1. The number of aromatic nitrogens is 3. The number of nitrogens with two attached hydrogens (primary N) is 1. The van der Waals surface area contributed by atoms with E-state index in [1.54, 1.807) is 19.9 Å². The Morgan fingerprint density at radius 2 is 2.04 bits per heavy atom. The lowest BCUT2D eigenvalue weighted by Crippen LogP contribution is -2.38. The highest BCUT2D eigenvalue weighted by molar-refractivity contribution is 5.96. The molecular formula is C15H19N5O3. The minimum absolute atomic E-state index is 0.0397. The highest BCUT2D eigenvalue weighted by Gasteiger charge is 2.29. The number of likely N-dealkylation sites (tertiary alicyclic amines) is 1. The average molecular weight is 317 g/mol. The highest BCUT2D eigenvalue weighted by atomic mass is 16.5. The van der Waals surface area contributed by atoms with Gasteiger partial charge in [0.2, 0.25) is 0 Å². The molecule has 23 heavy (non-hydrogen) atoms. The van der Waals surface area contributed by atoms with Crippen molar-refractivity contribution < 1.29 is 14.1 Å². The third-order valence-electron chi connectivity index (χ3n) is 4.32. The molecule has 3 rings (SSSR count). The summed E-state index contributed by atoms with van der Waals surface area (Å²) in [6.07, 6.45) is 1.60. The molecule has 1 saturated heterocycles. The molecule has 0 atom stereocenters. The van der Waals surface area contributed by atoms with Crippen LogP contribution in [0.1, 0.15) is 56.8 Å². The third kappa shape index (κ3) is 2.84. The lowest BCUT2D eigenvalue weighted by molar-refractivity contribution is 0.0709. The molecule has 0 aromatic carbocycles. The zero-order chi connectivity index (χ0) is 16.6. The molecule has 0 bridgehead atoms. The number of primary amides is 1. The fraction of sp³-hybridized carbons (Fsp3) is 0.467. The van der Waals surface area contributed by atoms with Crippen LogP contribution in [0.3, 0.4) is 0 Å². The van der Waals surface area contributed by atoms with Crippen LogP contribution in [0, 0.1) is 13.8 Å². The Bertz CT molecular complexity index is 721. The molecule has 0 radical (unpaired) electrons. The van der Waals surface area contributed by atoms with Crippen molar-refractivity contribution in [3.63, 3.8) is 0 Å². The zero-order valence-electron chi connectivity index (χ0n) is 13.1. The second kappa shape index (κ2) is 5.86. The van der Waals surface area contributed by atoms with E-state index in [0.29, 0.717) is 30.1 Å². The molecule has 2 aromatic heterocycles. The van der Waals surface area contributed by atoms with Crippen LogP contribution in [0.15, 0.2) is 10.6 Å². The van der Waals surface area contributed by atoms with Crippen LogP contribution in [-0.4, -0.2) is 45.2 Å². The van der Waals surface area contributed by atoms with E-state index >= 15 is 0 Å². The first-order chi connectivity index (χ1) is 11.0. The molecule has 1 aliphatic heterocycles. The van der Waals surface area contributed by atoms with Crippen molar-refractivity contribution in [3.8, 4) is 0 Å². The van der Waals surface area contributed by atoms with E-state index in [2.05, 4.69) is 15.4 Å². The quantitative estimate of drug-likeness (QED) is 0.879. The lowest BCUT2D eigenvalue weighted by atomic mass is 9.93. The molecule has 0 unspecified atom stereocenters. The molecule has 3 N–H and O–H groups in total. The van der Waals surface area contributed by atoms with Crippen LogP contribution >= 0.6 is 0 Å². The molecule has 0 saturated carbocycles. The summed E-state index contributed by atoms with van der Waals surface area (Å²) in [6.45, 7) is 4.79. The van der Waals surface area contributed by atoms with Crippen molar-refractivity contribution in [1.29, 1.82) is 0 Å². The van der Waals surface area contributed by atoms with E-state index in [-0.39, 0.29) is 17.5 Å². The van der Waals surface area contributed by atoms with Crippen LogP contribution in [0.4, 0.5) is 0 Å². The minimum Gasteiger partial charge on any atom is -0.364 e. The predicted molar refractivity (Wildman–Crippen MR) is 81.0 cm³/mol. The molecule has 1 fully saturated rings. The molecule has 122 valence electrons. The number of nitrogens with zero attached hydrogens (tertiary/aromatic N) is 3. The summed E-state index contributed by atoms with van der Waals surface area (Å²) in [5, 5.41) is 10.6. The number of carbonyl (C=O) groups is 2. The molecule has 2 aromatic rings. The van der Waals surface area contributed by atoms with Crippen molar-refractivity contribution in [3.05, 3.63) is 34.5 Å². The Labute approximate surface area is 133 Å². The van der Waals surface area contributed by atoms with Crippen LogP contribution in [-0.2, 0) is 0 Å². The molecule has 3 heterocycles. The first kappa shape index (κ1) is 15.3. The maximum atomic E-state index is 12.6. The summed E-state index contributed by atoms with van der Waals surface area (Å²) >= 11 is 0. The third-order valence-corrected chi connectivity index (χ3v) is 4.32. The topological polar surface area (TPSA) is 118 Å². The van der Waals surface area contributed by atoms with E-state index in [9.17, 15) is 9.59 Å². The van der Waals surface area contributed by atoms with Gasteiger partial charge in [0.15, 0.2) is 0 Å². The second-order valence-corrected chi connectivity index (χ2v) is 5.84. The second-order valence-electron chi connectivity index (χ2n) is 5.84. The molecule has 8 nitrogen and oxygen atoms in total. The van der Waals surface area contributed by atoms with Crippen LogP contribution in [0.5, 0.6) is 0 Å². The first-order valence-corrected chi connectivity index (χ1v) is 7.54. The number of amides is 2. The first-order valence-electron chi connectivity index (χ1n) is 7.54. The summed E-state index contributed by atoms with van der Waals surface area (Å²) in [7, 11) is 0. The van der Waals surface area contributed by atoms with E-state index in [4.69, 9.17) is 10.3 Å². The predicted octanol–water partition coefficient (Wildman–Crippen LogP) is 1.13. The van der Waals surface area contributed by atoms with Crippen LogP contribution in [0.25, 0.3) is 0 Å². The number of hydrogen-bond acceptors (Lipinski definition) is 5. The summed E-state index contributed by atoms with van der Waals surface area (Å²) in [4.78, 5) is 25.5. The number of aromatic amines is 1. The maximum Gasteiger partial charge on any atom is 0.269 e. The van der Waals surface area contributed by atoms with Gasteiger partial charge >= 0.3 is 0 Å². The van der Waals surface area contributed by atoms with Gasteiger partial charge in [-0.3, -0.25) is 14.7 Å². The summed E-state index contributed by atoms with van der Waals surface area (Å²) < 4.78 is 5.07. The molecule has 2 amide bonds. The lowest BCUT2D eigenvalue weighted by Gasteiger charge is -2.31. The summed E-state index contributed by atoms with van der Waals surface area (Å²) in [5.74, 6) is 0.208. The van der Waals surface area contributed by atoms with Gasteiger partial charge in [-0.05, 0) is 32.8 Å². The monoisotopic (exact) mass is 317 g/mol. The largest absolute Gasteiger partial charge is 0.364 e. The number of carbonyl (C=O) groups excluding carboxylic acids is 2. The van der Waals surface area contributed by atoms with Crippen molar-refractivity contribution in [2.75, 3.05) is 13.1 Å². The number of aryl methyl sites for hydroxylation is 2. The van der Waals surface area contributed by atoms with Crippen molar-refractivity contribution in [2.45, 2.75) is 32.6 Å². The van der Waals surface area contributed by atoms with Gasteiger partial charge in [-0.2, -0.15) is 5.10 Å².